The van der Waals surface area contributed by atoms with E-state index < -0.39 is 0 Å². The molecule has 0 N–H and O–H groups in total. The van der Waals surface area contributed by atoms with Crippen LogP contribution in [0.4, 0.5) is 5.69 Å². The van der Waals surface area contributed by atoms with Crippen molar-refractivity contribution in [3.05, 3.63) is 87.5 Å². The first-order chi connectivity index (χ1) is 15.6. The highest BCUT2D eigenvalue weighted by Crippen LogP contribution is 2.71. The summed E-state index contributed by atoms with van der Waals surface area (Å²) in [6, 6.07) is 20.3. The summed E-state index contributed by atoms with van der Waals surface area (Å²) in [5, 5.41) is 0.407. The van der Waals surface area contributed by atoms with E-state index in [0.29, 0.717) is 17.1 Å². The number of para-hydroxylation sites is 1. The quantitative estimate of drug-likeness (QED) is 0.533. The predicted molar refractivity (Wildman–Crippen MR) is 130 cm³/mol. The molecule has 32 heavy (non-hydrogen) atoms. The Morgan fingerprint density at radius 1 is 0.875 bits per heavy atom. The van der Waals surface area contributed by atoms with Crippen LogP contribution in [0.25, 0.3) is 0 Å². The van der Waals surface area contributed by atoms with E-state index >= 15 is 0 Å². The van der Waals surface area contributed by atoms with Gasteiger partial charge < -0.3 is 0 Å². The Morgan fingerprint density at radius 3 is 2.25 bits per heavy atom. The van der Waals surface area contributed by atoms with Crippen molar-refractivity contribution >= 4 is 41.0 Å². The predicted octanol–water partition coefficient (Wildman–Crippen LogP) is 5.82. The number of anilines is 1. The van der Waals surface area contributed by atoms with Gasteiger partial charge in [-0.1, -0.05) is 66.9 Å². The van der Waals surface area contributed by atoms with Crippen molar-refractivity contribution in [3.8, 4) is 0 Å². The van der Waals surface area contributed by atoms with Gasteiger partial charge in [-0.05, 0) is 46.8 Å². The molecule has 2 aliphatic carbocycles. The molecule has 1 saturated heterocycles. The highest BCUT2D eigenvalue weighted by molar-refractivity contribution is 8.10. The van der Waals surface area contributed by atoms with Gasteiger partial charge in [-0.2, -0.15) is 0 Å². The highest BCUT2D eigenvalue weighted by Gasteiger charge is 2.69. The first-order valence-electron chi connectivity index (χ1n) is 11.4. The smallest absolute Gasteiger partial charge is 0.238 e. The number of carbonyl (C=O) groups excluding carboxylic acids is 2. The molecule has 2 bridgehead atoms. The van der Waals surface area contributed by atoms with Gasteiger partial charge in [0.15, 0.2) is 0 Å². The zero-order chi connectivity index (χ0) is 21.6. The summed E-state index contributed by atoms with van der Waals surface area (Å²) in [5.41, 5.74) is 2.07. The van der Waals surface area contributed by atoms with E-state index in [2.05, 4.69) is 36.9 Å². The van der Waals surface area contributed by atoms with Gasteiger partial charge in [0.2, 0.25) is 11.8 Å². The minimum Gasteiger partial charge on any atom is -0.274 e. The first-order valence-corrected chi connectivity index (χ1v) is 13.1. The molecule has 7 rings (SSSR count). The van der Waals surface area contributed by atoms with Gasteiger partial charge in [-0.3, -0.25) is 14.5 Å². The first kappa shape index (κ1) is 19.2. The lowest BCUT2D eigenvalue weighted by molar-refractivity contribution is -0.123. The third-order valence-electron chi connectivity index (χ3n) is 8.17. The molecular weight excluding hydrogens is 434 g/mol. The summed E-state index contributed by atoms with van der Waals surface area (Å²) in [7, 11) is 0. The number of carbonyl (C=O) groups is 2. The molecular formula is C27H23NO2S2. The van der Waals surface area contributed by atoms with Gasteiger partial charge in [0.05, 0.1) is 17.5 Å². The molecule has 160 valence electrons. The van der Waals surface area contributed by atoms with Gasteiger partial charge in [0.25, 0.3) is 0 Å². The lowest BCUT2D eigenvalue weighted by Gasteiger charge is -2.44. The van der Waals surface area contributed by atoms with Crippen molar-refractivity contribution < 1.29 is 9.59 Å². The largest absolute Gasteiger partial charge is 0.274 e. The molecule has 5 heteroatoms. The van der Waals surface area contributed by atoms with Gasteiger partial charge >= 0.3 is 0 Å². The topological polar surface area (TPSA) is 37.4 Å². The fourth-order valence-corrected chi connectivity index (χ4v) is 10.4. The van der Waals surface area contributed by atoms with Crippen LogP contribution >= 0.6 is 23.5 Å². The number of amides is 2. The van der Waals surface area contributed by atoms with E-state index in [1.165, 1.54) is 25.2 Å². The Morgan fingerprint density at radius 2 is 1.53 bits per heavy atom. The summed E-state index contributed by atoms with van der Waals surface area (Å²) >= 11 is 3.86. The maximum Gasteiger partial charge on any atom is 0.238 e. The van der Waals surface area contributed by atoms with E-state index in [-0.39, 0.29) is 35.5 Å². The van der Waals surface area contributed by atoms with Gasteiger partial charge in [-0.15, -0.1) is 11.8 Å². The average Bonchev–Trinajstić information content (AvgIpc) is 3.53. The van der Waals surface area contributed by atoms with Crippen molar-refractivity contribution in [1.29, 1.82) is 0 Å². The van der Waals surface area contributed by atoms with E-state index in [1.54, 1.807) is 0 Å². The van der Waals surface area contributed by atoms with Crippen molar-refractivity contribution in [2.75, 3.05) is 4.90 Å². The minimum absolute atomic E-state index is 0.0252. The number of nitrogens with zero attached hydrogens (tertiary/aromatic N) is 1. The van der Waals surface area contributed by atoms with Crippen LogP contribution < -0.4 is 4.90 Å². The second-order valence-electron chi connectivity index (χ2n) is 9.62. The third-order valence-corrected chi connectivity index (χ3v) is 11.0. The maximum atomic E-state index is 13.7. The Balaban J connectivity index is 1.32. The van der Waals surface area contributed by atoms with E-state index in [9.17, 15) is 9.59 Å². The number of allylic oxidation sites excluding steroid dienone is 3. The van der Waals surface area contributed by atoms with Crippen molar-refractivity contribution in [2.45, 2.75) is 24.0 Å². The molecule has 7 atom stereocenters. The SMILES string of the molecule is C=C1CC2=C(S1)[C@H](c1ccccc1)[C@H]1[C@H]3C[C@@H]([C@H]1S2)[C@@H]1C(=O)N(c2ccccc2)C(=O)[C@H]31. The van der Waals surface area contributed by atoms with E-state index in [1.807, 2.05) is 53.9 Å². The Labute approximate surface area is 196 Å². The number of fused-ring (bicyclic) bond motifs is 8. The number of rotatable bonds is 2. The van der Waals surface area contributed by atoms with Crippen LogP contribution in [0.5, 0.6) is 0 Å². The molecule has 2 aromatic carbocycles. The fourth-order valence-electron chi connectivity index (χ4n) is 7.14. The zero-order valence-electron chi connectivity index (χ0n) is 17.5. The molecule has 0 unspecified atom stereocenters. The average molecular weight is 458 g/mol. The number of imide groups is 1. The molecule has 3 fully saturated rings. The fraction of sp³-hybridized carbons (Fsp3) is 0.333. The molecule has 0 aromatic heterocycles. The van der Waals surface area contributed by atoms with Gasteiger partial charge in [0, 0.05) is 27.4 Å². The zero-order valence-corrected chi connectivity index (χ0v) is 19.1. The summed E-state index contributed by atoms with van der Waals surface area (Å²) in [5.74, 6) is 0.987. The summed E-state index contributed by atoms with van der Waals surface area (Å²) < 4.78 is 0. The number of hydrogen-bond donors (Lipinski definition) is 0. The second-order valence-corrected chi connectivity index (χ2v) is 12.1. The second kappa shape index (κ2) is 6.88. The van der Waals surface area contributed by atoms with Crippen LogP contribution in [0.2, 0.25) is 0 Å². The normalized spacial score (nSPS) is 37.2. The van der Waals surface area contributed by atoms with Gasteiger partial charge in [0.1, 0.15) is 0 Å². The Bertz CT molecular complexity index is 1190. The summed E-state index contributed by atoms with van der Waals surface area (Å²) in [6.45, 7) is 4.27. The van der Waals surface area contributed by atoms with Crippen molar-refractivity contribution in [3.63, 3.8) is 0 Å². The van der Waals surface area contributed by atoms with Crippen LogP contribution in [0.3, 0.4) is 0 Å². The number of thioether (sulfide) groups is 2. The molecule has 3 aliphatic heterocycles. The standard InChI is InChI=1S/C27H23NO2S2/c1-14-12-19-25(31-14)20(15-8-4-2-5-9-15)21-17-13-18(24(21)32-19)23-22(17)26(29)28(27(23)30)16-10-6-3-7-11-16/h2-11,17-18,20-24H,1,12-13H2/t17-,18-,20-,21-,22-,23+,24-/m1/s1. The maximum absolute atomic E-state index is 13.7. The molecule has 0 radical (unpaired) electrons. The number of benzene rings is 2. The van der Waals surface area contributed by atoms with Crippen LogP contribution in [-0.2, 0) is 9.59 Å². The Hall–Kier alpha value is -2.24. The van der Waals surface area contributed by atoms with Crippen LogP contribution in [0.1, 0.15) is 24.3 Å². The van der Waals surface area contributed by atoms with E-state index in [0.717, 1.165) is 18.5 Å². The molecule has 5 aliphatic rings. The van der Waals surface area contributed by atoms with Crippen molar-refractivity contribution in [2.24, 2.45) is 29.6 Å². The number of hydrogen-bond acceptors (Lipinski definition) is 4. The lowest BCUT2D eigenvalue weighted by atomic mass is 9.68. The Kier molecular flexibility index (Phi) is 4.14. The van der Waals surface area contributed by atoms with Gasteiger partial charge in [-0.25, -0.2) is 0 Å². The molecule has 3 nitrogen and oxygen atoms in total. The summed E-state index contributed by atoms with van der Waals surface area (Å²) in [4.78, 5) is 32.8. The molecule has 2 amide bonds. The van der Waals surface area contributed by atoms with Crippen LogP contribution in [-0.4, -0.2) is 17.1 Å². The summed E-state index contributed by atoms with van der Waals surface area (Å²) in [6.07, 6.45) is 1.96. The highest BCUT2D eigenvalue weighted by atomic mass is 32.2. The van der Waals surface area contributed by atoms with Crippen LogP contribution in [0, 0.1) is 29.6 Å². The molecule has 2 aromatic rings. The lowest BCUT2D eigenvalue weighted by Crippen LogP contribution is -2.42. The minimum atomic E-state index is -0.169. The van der Waals surface area contributed by atoms with E-state index in [4.69, 9.17) is 0 Å². The molecule has 3 heterocycles. The molecule has 0 spiro atoms. The third kappa shape index (κ3) is 2.47. The molecule has 2 saturated carbocycles. The van der Waals surface area contributed by atoms with Crippen molar-refractivity contribution in [1.82, 2.24) is 0 Å². The van der Waals surface area contributed by atoms with Crippen LogP contribution in [0.15, 0.2) is 82.0 Å². The monoisotopic (exact) mass is 457 g/mol.